The Balaban J connectivity index is 2.25. The molecule has 2 aromatic carbocycles. The highest BCUT2D eigenvalue weighted by Crippen LogP contribution is 2.37. The fourth-order valence-corrected chi connectivity index (χ4v) is 3.39. The fourth-order valence-electron chi connectivity index (χ4n) is 3.18. The number of alkyl halides is 3. The van der Waals surface area contributed by atoms with Gasteiger partial charge < -0.3 is 9.67 Å². The van der Waals surface area contributed by atoms with Crippen molar-refractivity contribution in [2.24, 2.45) is 0 Å². The van der Waals surface area contributed by atoms with Crippen molar-refractivity contribution in [1.82, 2.24) is 4.57 Å². The van der Waals surface area contributed by atoms with Crippen LogP contribution < -0.4 is 0 Å². The van der Waals surface area contributed by atoms with Crippen LogP contribution in [0.15, 0.2) is 36.4 Å². The van der Waals surface area contributed by atoms with Crippen molar-refractivity contribution in [3.05, 3.63) is 69.6 Å². The molecule has 0 fully saturated rings. The van der Waals surface area contributed by atoms with Gasteiger partial charge in [0.15, 0.2) is 0 Å². The Morgan fingerprint density at radius 3 is 2.52 bits per heavy atom. The summed E-state index contributed by atoms with van der Waals surface area (Å²) in [5, 5.41) is 9.71. The minimum absolute atomic E-state index is 0.0747. The number of hydrogen-bond donors (Lipinski definition) is 1. The number of carboxylic acids is 1. The second kappa shape index (κ2) is 6.88. The third kappa shape index (κ3) is 3.78. The highest BCUT2D eigenvalue weighted by Gasteiger charge is 2.35. The van der Waals surface area contributed by atoms with Gasteiger partial charge in [0.1, 0.15) is 5.82 Å². The van der Waals surface area contributed by atoms with Crippen molar-refractivity contribution >= 4 is 28.5 Å². The van der Waals surface area contributed by atoms with E-state index in [4.69, 9.17) is 16.7 Å². The van der Waals surface area contributed by atoms with E-state index in [0.29, 0.717) is 16.8 Å². The largest absolute Gasteiger partial charge is 0.481 e. The molecule has 1 heterocycles. The molecule has 0 spiro atoms. The molecule has 3 rings (SSSR count). The molecule has 0 aliphatic rings. The summed E-state index contributed by atoms with van der Waals surface area (Å²) in [6, 6.07) is 8.35. The van der Waals surface area contributed by atoms with Gasteiger partial charge in [0.25, 0.3) is 0 Å². The second-order valence-electron chi connectivity index (χ2n) is 6.20. The predicted octanol–water partition coefficient (Wildman–Crippen LogP) is 5.44. The molecule has 0 amide bonds. The van der Waals surface area contributed by atoms with Crippen molar-refractivity contribution in [2.45, 2.75) is 26.1 Å². The number of nitrogens with zero attached hydrogens (tertiary/aromatic N) is 1. The Morgan fingerprint density at radius 1 is 1.22 bits per heavy atom. The number of rotatable bonds is 4. The fraction of sp³-hybridized carbons (Fsp3) is 0.211. The number of aliphatic carboxylic acids is 1. The van der Waals surface area contributed by atoms with Gasteiger partial charge in [-0.25, -0.2) is 4.39 Å². The number of fused-ring (bicyclic) bond motifs is 1. The van der Waals surface area contributed by atoms with Crippen molar-refractivity contribution in [3.63, 3.8) is 0 Å². The molecular formula is C19H14ClF4NO2. The molecule has 0 atom stereocenters. The summed E-state index contributed by atoms with van der Waals surface area (Å²) >= 11 is 5.97. The van der Waals surface area contributed by atoms with Gasteiger partial charge in [-0.2, -0.15) is 13.2 Å². The summed E-state index contributed by atoms with van der Waals surface area (Å²) in [5.41, 5.74) is 0.233. The summed E-state index contributed by atoms with van der Waals surface area (Å²) < 4.78 is 55.0. The molecule has 142 valence electrons. The topological polar surface area (TPSA) is 42.2 Å². The van der Waals surface area contributed by atoms with Crippen LogP contribution in [-0.2, 0) is 23.9 Å². The number of halogens is 5. The average molecular weight is 400 g/mol. The molecule has 0 aliphatic heterocycles. The molecular weight excluding hydrogens is 386 g/mol. The van der Waals surface area contributed by atoms with Crippen molar-refractivity contribution in [2.75, 3.05) is 0 Å². The number of hydrogen-bond acceptors (Lipinski definition) is 1. The monoisotopic (exact) mass is 399 g/mol. The molecule has 0 radical (unpaired) electrons. The highest BCUT2D eigenvalue weighted by atomic mass is 35.5. The molecule has 0 bridgehead atoms. The standard InChI is InChI=1S/C19H14ClF4NO2/c1-10-13(7-18(26)27)14-6-15(19(22,23)24)16(21)8-17(14)25(10)9-11-3-2-4-12(20)5-11/h2-6,8H,7,9H2,1H3,(H,26,27). The first-order chi connectivity index (χ1) is 12.6. The van der Waals surface area contributed by atoms with E-state index in [1.165, 1.54) is 0 Å². The first-order valence-electron chi connectivity index (χ1n) is 7.92. The molecule has 27 heavy (non-hydrogen) atoms. The van der Waals surface area contributed by atoms with Crippen LogP contribution in [-0.4, -0.2) is 15.6 Å². The summed E-state index contributed by atoms with van der Waals surface area (Å²) in [7, 11) is 0. The summed E-state index contributed by atoms with van der Waals surface area (Å²) in [6.07, 6.45) is -5.34. The summed E-state index contributed by atoms with van der Waals surface area (Å²) in [5.74, 6) is -2.58. The Kier molecular flexibility index (Phi) is 4.90. The third-order valence-corrected chi connectivity index (χ3v) is 4.64. The van der Waals surface area contributed by atoms with E-state index in [2.05, 4.69) is 0 Å². The molecule has 1 aromatic heterocycles. The highest BCUT2D eigenvalue weighted by molar-refractivity contribution is 6.30. The van der Waals surface area contributed by atoms with Crippen molar-refractivity contribution in [1.29, 1.82) is 0 Å². The molecule has 0 unspecified atom stereocenters. The van der Waals surface area contributed by atoms with Gasteiger partial charge in [-0.15, -0.1) is 0 Å². The Morgan fingerprint density at radius 2 is 1.93 bits per heavy atom. The van der Waals surface area contributed by atoms with E-state index < -0.39 is 29.9 Å². The molecule has 8 heteroatoms. The van der Waals surface area contributed by atoms with Crippen molar-refractivity contribution in [3.8, 4) is 0 Å². The molecule has 1 N–H and O–H groups in total. The quantitative estimate of drug-likeness (QED) is 0.594. The Labute approximate surface area is 156 Å². The zero-order valence-corrected chi connectivity index (χ0v) is 14.8. The average Bonchev–Trinajstić information content (AvgIpc) is 2.78. The lowest BCUT2D eigenvalue weighted by molar-refractivity contribution is -0.140. The molecule has 0 saturated heterocycles. The maximum Gasteiger partial charge on any atom is 0.419 e. The number of carbonyl (C=O) groups is 1. The first-order valence-corrected chi connectivity index (χ1v) is 8.30. The van der Waals surface area contributed by atoms with Gasteiger partial charge in [0.2, 0.25) is 0 Å². The van der Waals surface area contributed by atoms with Gasteiger partial charge in [-0.1, -0.05) is 23.7 Å². The SMILES string of the molecule is Cc1c(CC(=O)O)c2cc(C(F)(F)F)c(F)cc2n1Cc1cccc(Cl)c1. The lowest BCUT2D eigenvalue weighted by Gasteiger charge is -2.11. The zero-order chi connectivity index (χ0) is 19.9. The van der Waals surface area contributed by atoms with Gasteiger partial charge in [-0.05, 0) is 42.3 Å². The second-order valence-corrected chi connectivity index (χ2v) is 6.63. The van der Waals surface area contributed by atoms with Gasteiger partial charge in [-0.3, -0.25) is 4.79 Å². The maximum absolute atomic E-state index is 14.1. The lowest BCUT2D eigenvalue weighted by atomic mass is 10.0. The van der Waals surface area contributed by atoms with Crippen LogP contribution in [0.1, 0.15) is 22.4 Å². The predicted molar refractivity (Wildman–Crippen MR) is 93.5 cm³/mol. The van der Waals surface area contributed by atoms with Crippen LogP contribution in [0.2, 0.25) is 5.02 Å². The summed E-state index contributed by atoms with van der Waals surface area (Å²) in [4.78, 5) is 11.2. The number of benzene rings is 2. The molecule has 0 saturated carbocycles. The van der Waals surface area contributed by atoms with Gasteiger partial charge in [0.05, 0.1) is 17.5 Å². The Hall–Kier alpha value is -2.54. The zero-order valence-electron chi connectivity index (χ0n) is 14.1. The maximum atomic E-state index is 14.1. The van der Waals surface area contributed by atoms with E-state index in [1.54, 1.807) is 35.8 Å². The van der Waals surface area contributed by atoms with Crippen LogP contribution in [0, 0.1) is 12.7 Å². The van der Waals surface area contributed by atoms with Gasteiger partial charge >= 0.3 is 12.1 Å². The van der Waals surface area contributed by atoms with Crippen LogP contribution >= 0.6 is 11.6 Å². The lowest BCUT2D eigenvalue weighted by Crippen LogP contribution is -2.08. The normalized spacial score (nSPS) is 11.9. The van der Waals surface area contributed by atoms with Gasteiger partial charge in [0, 0.05) is 22.6 Å². The van der Waals surface area contributed by atoms with Crippen LogP contribution in [0.4, 0.5) is 17.6 Å². The van der Waals surface area contributed by atoms with E-state index in [-0.39, 0.29) is 23.0 Å². The summed E-state index contributed by atoms with van der Waals surface area (Å²) in [6.45, 7) is 1.82. The van der Waals surface area contributed by atoms with E-state index in [0.717, 1.165) is 11.6 Å². The molecule has 3 aromatic rings. The Bertz CT molecular complexity index is 1040. The smallest absolute Gasteiger partial charge is 0.419 e. The minimum atomic E-state index is -4.87. The first kappa shape index (κ1) is 19.2. The van der Waals surface area contributed by atoms with E-state index in [9.17, 15) is 22.4 Å². The van der Waals surface area contributed by atoms with E-state index in [1.807, 2.05) is 0 Å². The number of aromatic nitrogens is 1. The minimum Gasteiger partial charge on any atom is -0.481 e. The third-order valence-electron chi connectivity index (χ3n) is 4.41. The van der Waals surface area contributed by atoms with Crippen LogP contribution in [0.25, 0.3) is 10.9 Å². The molecule has 0 aliphatic carbocycles. The van der Waals surface area contributed by atoms with E-state index >= 15 is 0 Å². The van der Waals surface area contributed by atoms with Crippen LogP contribution in [0.5, 0.6) is 0 Å². The van der Waals surface area contributed by atoms with Crippen LogP contribution in [0.3, 0.4) is 0 Å². The molecule has 3 nitrogen and oxygen atoms in total. The number of carboxylic acid groups (broad SMARTS) is 1. The van der Waals surface area contributed by atoms with Crippen molar-refractivity contribution < 1.29 is 27.5 Å².